The van der Waals surface area contributed by atoms with Gasteiger partial charge in [-0.25, -0.2) is 0 Å². The molecule has 0 spiro atoms. The van der Waals surface area contributed by atoms with Crippen molar-refractivity contribution < 1.29 is 9.53 Å². The molecular formula is C15H14ClIN2O2. The van der Waals surface area contributed by atoms with Crippen molar-refractivity contribution in [2.75, 3.05) is 11.1 Å². The molecule has 0 saturated heterocycles. The number of carbonyl (C=O) groups excluding carboxylic acids is 1. The van der Waals surface area contributed by atoms with Crippen LogP contribution < -0.4 is 15.8 Å². The molecule has 0 radical (unpaired) electrons. The number of hydrogen-bond acceptors (Lipinski definition) is 3. The van der Waals surface area contributed by atoms with Gasteiger partial charge in [0, 0.05) is 9.26 Å². The van der Waals surface area contributed by atoms with Gasteiger partial charge in [0.25, 0.3) is 5.91 Å². The normalized spacial score (nSPS) is 11.8. The van der Waals surface area contributed by atoms with E-state index in [4.69, 9.17) is 22.1 Å². The van der Waals surface area contributed by atoms with E-state index in [0.717, 1.165) is 3.57 Å². The highest BCUT2D eigenvalue weighted by atomic mass is 127. The zero-order valence-electron chi connectivity index (χ0n) is 11.3. The van der Waals surface area contributed by atoms with Gasteiger partial charge in [0.1, 0.15) is 5.75 Å². The number of carbonyl (C=O) groups is 1. The van der Waals surface area contributed by atoms with Crippen LogP contribution in [0.3, 0.4) is 0 Å². The number of nitrogens with two attached hydrogens (primary N) is 1. The van der Waals surface area contributed by atoms with Crippen molar-refractivity contribution in [3.63, 3.8) is 0 Å². The minimum atomic E-state index is -0.623. The van der Waals surface area contributed by atoms with Crippen molar-refractivity contribution in [3.05, 3.63) is 51.1 Å². The van der Waals surface area contributed by atoms with Gasteiger partial charge in [-0.15, -0.1) is 0 Å². The lowest BCUT2D eigenvalue weighted by molar-refractivity contribution is -0.122. The summed E-state index contributed by atoms with van der Waals surface area (Å²) in [6, 6.07) is 12.4. The maximum absolute atomic E-state index is 12.1. The summed E-state index contributed by atoms with van der Waals surface area (Å²) in [6.45, 7) is 1.69. The second kappa shape index (κ2) is 7.00. The van der Waals surface area contributed by atoms with Crippen LogP contribution in [-0.2, 0) is 4.79 Å². The van der Waals surface area contributed by atoms with Crippen LogP contribution in [0.4, 0.5) is 11.4 Å². The van der Waals surface area contributed by atoms with E-state index < -0.39 is 6.10 Å². The average Bonchev–Trinajstić information content (AvgIpc) is 2.45. The van der Waals surface area contributed by atoms with Crippen molar-refractivity contribution in [1.29, 1.82) is 0 Å². The smallest absolute Gasteiger partial charge is 0.265 e. The molecule has 0 bridgehead atoms. The number of amides is 1. The van der Waals surface area contributed by atoms with Gasteiger partial charge in [0.15, 0.2) is 6.10 Å². The fraction of sp³-hybridized carbons (Fsp3) is 0.133. The number of nitrogen functional groups attached to an aromatic ring is 1. The Balaban J connectivity index is 1.98. The summed E-state index contributed by atoms with van der Waals surface area (Å²) in [7, 11) is 0. The molecule has 0 heterocycles. The summed E-state index contributed by atoms with van der Waals surface area (Å²) in [5.74, 6) is 0.393. The van der Waals surface area contributed by atoms with Gasteiger partial charge >= 0.3 is 0 Å². The Morgan fingerprint density at radius 1 is 1.29 bits per heavy atom. The van der Waals surface area contributed by atoms with Crippen molar-refractivity contribution in [1.82, 2.24) is 0 Å². The Bertz CT molecular complexity index is 647. The summed E-state index contributed by atoms with van der Waals surface area (Å²) in [4.78, 5) is 12.1. The Morgan fingerprint density at radius 2 is 1.95 bits per heavy atom. The van der Waals surface area contributed by atoms with Crippen LogP contribution in [0.15, 0.2) is 42.5 Å². The zero-order valence-corrected chi connectivity index (χ0v) is 14.2. The predicted molar refractivity (Wildman–Crippen MR) is 93.7 cm³/mol. The van der Waals surface area contributed by atoms with E-state index in [9.17, 15) is 4.79 Å². The number of benzene rings is 2. The summed E-state index contributed by atoms with van der Waals surface area (Å²) in [5, 5.41) is 3.19. The van der Waals surface area contributed by atoms with Crippen LogP contribution in [0.1, 0.15) is 6.92 Å². The van der Waals surface area contributed by atoms with E-state index in [1.54, 1.807) is 25.1 Å². The Morgan fingerprint density at radius 3 is 2.57 bits per heavy atom. The van der Waals surface area contributed by atoms with E-state index in [1.165, 1.54) is 0 Å². The molecule has 2 rings (SSSR count). The molecule has 2 aromatic carbocycles. The number of hydrogen-bond donors (Lipinski definition) is 2. The molecule has 2 aromatic rings. The largest absolute Gasteiger partial charge is 0.481 e. The fourth-order valence-corrected chi connectivity index (χ4v) is 2.11. The van der Waals surface area contributed by atoms with Gasteiger partial charge in [-0.3, -0.25) is 4.79 Å². The maximum atomic E-state index is 12.1. The highest BCUT2D eigenvalue weighted by Crippen LogP contribution is 2.22. The molecule has 0 aliphatic carbocycles. The molecule has 1 unspecified atom stereocenters. The molecular weight excluding hydrogens is 403 g/mol. The minimum absolute atomic E-state index is 0.254. The predicted octanol–water partition coefficient (Wildman–Crippen LogP) is 3.93. The highest BCUT2D eigenvalue weighted by molar-refractivity contribution is 14.1. The van der Waals surface area contributed by atoms with E-state index >= 15 is 0 Å². The molecule has 1 atom stereocenters. The van der Waals surface area contributed by atoms with Gasteiger partial charge in [-0.05, 0) is 72.0 Å². The monoisotopic (exact) mass is 416 g/mol. The van der Waals surface area contributed by atoms with Crippen molar-refractivity contribution >= 4 is 51.5 Å². The number of rotatable bonds is 4. The van der Waals surface area contributed by atoms with Crippen LogP contribution in [0.5, 0.6) is 5.75 Å². The number of nitrogens with one attached hydrogen (secondary N) is 1. The zero-order chi connectivity index (χ0) is 15.4. The molecule has 21 heavy (non-hydrogen) atoms. The number of halogens is 2. The third-order valence-corrected chi connectivity index (χ3v) is 3.82. The summed E-state index contributed by atoms with van der Waals surface area (Å²) >= 11 is 8.04. The first-order valence-corrected chi connectivity index (χ1v) is 7.69. The fourth-order valence-electron chi connectivity index (χ4n) is 1.64. The molecule has 6 heteroatoms. The van der Waals surface area contributed by atoms with Crippen molar-refractivity contribution in [3.8, 4) is 5.75 Å². The Kier molecular flexibility index (Phi) is 5.30. The van der Waals surface area contributed by atoms with Crippen LogP contribution >= 0.6 is 34.2 Å². The van der Waals surface area contributed by atoms with Gasteiger partial charge in [0.2, 0.25) is 0 Å². The summed E-state index contributed by atoms with van der Waals surface area (Å²) in [6.07, 6.45) is -0.623. The minimum Gasteiger partial charge on any atom is -0.481 e. The summed E-state index contributed by atoms with van der Waals surface area (Å²) < 4.78 is 6.69. The van der Waals surface area contributed by atoms with E-state index in [-0.39, 0.29) is 5.91 Å². The molecule has 1 amide bonds. The van der Waals surface area contributed by atoms with Gasteiger partial charge in [-0.2, -0.15) is 0 Å². The van der Waals surface area contributed by atoms with Crippen LogP contribution in [0, 0.1) is 3.57 Å². The van der Waals surface area contributed by atoms with E-state index in [2.05, 4.69) is 27.9 Å². The molecule has 0 saturated carbocycles. The van der Waals surface area contributed by atoms with Crippen molar-refractivity contribution in [2.45, 2.75) is 13.0 Å². The molecule has 4 nitrogen and oxygen atoms in total. The van der Waals surface area contributed by atoms with E-state index in [0.29, 0.717) is 22.1 Å². The van der Waals surface area contributed by atoms with Gasteiger partial charge in [0.05, 0.1) is 10.7 Å². The maximum Gasteiger partial charge on any atom is 0.265 e. The standard InChI is InChI=1S/C15H14ClIN2O2/c1-9(21-12-5-2-10(17)3-6-12)15(20)19-11-4-7-13(16)14(18)8-11/h2-9H,18H2,1H3,(H,19,20). The first kappa shape index (κ1) is 15.9. The summed E-state index contributed by atoms with van der Waals surface area (Å²) in [5.41, 5.74) is 6.70. The van der Waals surface area contributed by atoms with Crippen molar-refractivity contribution in [2.24, 2.45) is 0 Å². The SMILES string of the molecule is CC(Oc1ccc(I)cc1)C(=O)Nc1ccc(Cl)c(N)c1. The van der Waals surface area contributed by atoms with Crippen LogP contribution in [0.25, 0.3) is 0 Å². The van der Waals surface area contributed by atoms with Crippen LogP contribution in [0.2, 0.25) is 5.02 Å². The lowest BCUT2D eigenvalue weighted by Gasteiger charge is -2.15. The topological polar surface area (TPSA) is 64.3 Å². The van der Waals surface area contributed by atoms with Gasteiger partial charge in [-0.1, -0.05) is 11.6 Å². The molecule has 0 aliphatic heterocycles. The second-order valence-electron chi connectivity index (χ2n) is 4.44. The molecule has 0 aliphatic rings. The molecule has 0 aromatic heterocycles. The lowest BCUT2D eigenvalue weighted by Crippen LogP contribution is -2.30. The van der Waals surface area contributed by atoms with Gasteiger partial charge < -0.3 is 15.8 Å². The first-order valence-electron chi connectivity index (χ1n) is 6.24. The second-order valence-corrected chi connectivity index (χ2v) is 6.09. The number of ether oxygens (including phenoxy) is 1. The average molecular weight is 417 g/mol. The molecule has 3 N–H and O–H groups in total. The number of anilines is 2. The third kappa shape index (κ3) is 4.50. The third-order valence-electron chi connectivity index (χ3n) is 2.76. The first-order chi connectivity index (χ1) is 9.95. The van der Waals surface area contributed by atoms with E-state index in [1.807, 2.05) is 24.3 Å². The lowest BCUT2D eigenvalue weighted by atomic mass is 10.2. The highest BCUT2D eigenvalue weighted by Gasteiger charge is 2.15. The molecule has 110 valence electrons. The Labute approximate surface area is 141 Å². The molecule has 0 fully saturated rings. The Hall–Kier alpha value is -1.47. The van der Waals surface area contributed by atoms with Crippen LogP contribution in [-0.4, -0.2) is 12.0 Å². The quantitative estimate of drug-likeness (QED) is 0.586.